The molecule has 2 aromatic heterocycles. The van der Waals surface area contributed by atoms with Gasteiger partial charge in [-0.1, -0.05) is 5.21 Å². The molecule has 0 saturated heterocycles. The van der Waals surface area contributed by atoms with Crippen LogP contribution in [-0.2, 0) is 36.1 Å². The maximum atomic E-state index is 11.6. The predicted molar refractivity (Wildman–Crippen MR) is 69.0 cm³/mol. The molecule has 0 aliphatic heterocycles. The fraction of sp³-hybridized carbons (Fsp3) is 0.500. The average molecular weight is 279 g/mol. The maximum absolute atomic E-state index is 11.6. The standard InChI is InChI=1S/C12H17N5O3/c1-16-9(4-6-13-16)5-7-17-10(8-19-2)11(14-15-17)12(18)20-3/h4,6H,5,7-8H2,1-3H3. The van der Waals surface area contributed by atoms with E-state index in [1.165, 1.54) is 7.11 Å². The number of rotatable bonds is 6. The number of aromatic nitrogens is 5. The lowest BCUT2D eigenvalue weighted by Gasteiger charge is -2.07. The van der Waals surface area contributed by atoms with Crippen molar-refractivity contribution in [3.8, 4) is 0 Å². The number of carbonyl (C=O) groups is 1. The van der Waals surface area contributed by atoms with E-state index in [-0.39, 0.29) is 12.3 Å². The SMILES string of the molecule is COCc1c(C(=O)OC)nnn1CCc1ccnn1C. The molecule has 0 aromatic carbocycles. The van der Waals surface area contributed by atoms with Crippen LogP contribution in [0.15, 0.2) is 12.3 Å². The highest BCUT2D eigenvalue weighted by Crippen LogP contribution is 2.10. The molecule has 0 aliphatic carbocycles. The van der Waals surface area contributed by atoms with E-state index < -0.39 is 5.97 Å². The molecule has 0 radical (unpaired) electrons. The van der Waals surface area contributed by atoms with Crippen LogP contribution in [0.4, 0.5) is 0 Å². The van der Waals surface area contributed by atoms with Gasteiger partial charge in [-0.05, 0) is 6.07 Å². The summed E-state index contributed by atoms with van der Waals surface area (Å²) in [7, 11) is 4.75. The highest BCUT2D eigenvalue weighted by Gasteiger charge is 2.20. The van der Waals surface area contributed by atoms with E-state index >= 15 is 0 Å². The Kier molecular flexibility index (Phi) is 4.46. The van der Waals surface area contributed by atoms with E-state index in [9.17, 15) is 4.79 Å². The minimum Gasteiger partial charge on any atom is -0.464 e. The quantitative estimate of drug-likeness (QED) is 0.702. The molecule has 0 saturated carbocycles. The third-order valence-corrected chi connectivity index (χ3v) is 3.00. The van der Waals surface area contributed by atoms with Crippen molar-refractivity contribution in [3.63, 3.8) is 0 Å². The summed E-state index contributed by atoms with van der Waals surface area (Å²) in [4.78, 5) is 11.6. The van der Waals surface area contributed by atoms with Crippen molar-refractivity contribution in [1.29, 1.82) is 0 Å². The summed E-state index contributed by atoms with van der Waals surface area (Å²) in [5, 5.41) is 12.0. The number of methoxy groups -OCH3 is 2. The van der Waals surface area contributed by atoms with Gasteiger partial charge < -0.3 is 9.47 Å². The van der Waals surface area contributed by atoms with Crippen molar-refractivity contribution in [2.45, 2.75) is 19.6 Å². The third-order valence-electron chi connectivity index (χ3n) is 3.00. The van der Waals surface area contributed by atoms with Gasteiger partial charge in [-0.15, -0.1) is 5.10 Å². The first-order chi connectivity index (χ1) is 9.67. The number of nitrogens with zero attached hydrogens (tertiary/aromatic N) is 5. The largest absolute Gasteiger partial charge is 0.464 e. The Morgan fingerprint density at radius 2 is 2.20 bits per heavy atom. The molecule has 0 spiro atoms. The molecule has 0 aliphatic rings. The molecule has 0 fully saturated rings. The number of esters is 1. The molecule has 8 nitrogen and oxygen atoms in total. The van der Waals surface area contributed by atoms with Crippen LogP contribution in [0.1, 0.15) is 21.9 Å². The van der Waals surface area contributed by atoms with Crippen molar-refractivity contribution in [3.05, 3.63) is 29.3 Å². The molecule has 2 aromatic rings. The second-order valence-corrected chi connectivity index (χ2v) is 4.23. The van der Waals surface area contributed by atoms with Crippen LogP contribution in [-0.4, -0.2) is 45.0 Å². The van der Waals surface area contributed by atoms with Gasteiger partial charge in [0, 0.05) is 39.0 Å². The Labute approximate surface area is 116 Å². The van der Waals surface area contributed by atoms with Gasteiger partial charge in [0.2, 0.25) is 0 Å². The van der Waals surface area contributed by atoms with Crippen molar-refractivity contribution < 1.29 is 14.3 Å². The Bertz CT molecular complexity index is 590. The Morgan fingerprint density at radius 1 is 1.40 bits per heavy atom. The average Bonchev–Trinajstić information content (AvgIpc) is 3.03. The van der Waals surface area contributed by atoms with Crippen LogP contribution in [0.25, 0.3) is 0 Å². The molecule has 0 N–H and O–H groups in total. The van der Waals surface area contributed by atoms with Crippen LogP contribution >= 0.6 is 0 Å². The van der Waals surface area contributed by atoms with Gasteiger partial charge in [-0.3, -0.25) is 4.68 Å². The molecule has 0 amide bonds. The summed E-state index contributed by atoms with van der Waals surface area (Å²) in [5.74, 6) is -0.510. The first-order valence-electron chi connectivity index (χ1n) is 6.13. The molecule has 20 heavy (non-hydrogen) atoms. The zero-order valence-corrected chi connectivity index (χ0v) is 11.7. The summed E-state index contributed by atoms with van der Waals surface area (Å²) < 4.78 is 13.2. The lowest BCUT2D eigenvalue weighted by atomic mass is 10.3. The fourth-order valence-electron chi connectivity index (χ4n) is 1.91. The van der Waals surface area contributed by atoms with Crippen molar-refractivity contribution in [2.75, 3.05) is 14.2 Å². The van der Waals surface area contributed by atoms with E-state index in [1.807, 2.05) is 13.1 Å². The van der Waals surface area contributed by atoms with Gasteiger partial charge in [-0.25, -0.2) is 9.48 Å². The highest BCUT2D eigenvalue weighted by atomic mass is 16.5. The Balaban J connectivity index is 2.17. The van der Waals surface area contributed by atoms with Crippen LogP contribution < -0.4 is 0 Å². The summed E-state index contributed by atoms with van der Waals surface area (Å²) in [5.41, 5.74) is 1.88. The normalized spacial score (nSPS) is 10.8. The predicted octanol–water partition coefficient (Wildman–Crippen LogP) is 0.187. The van der Waals surface area contributed by atoms with Gasteiger partial charge in [0.1, 0.15) is 0 Å². The summed E-state index contributed by atoms with van der Waals surface area (Å²) >= 11 is 0. The minimum atomic E-state index is -0.510. The van der Waals surface area contributed by atoms with E-state index in [0.717, 1.165) is 12.1 Å². The summed E-state index contributed by atoms with van der Waals surface area (Å²) in [6.07, 6.45) is 2.48. The zero-order chi connectivity index (χ0) is 14.5. The van der Waals surface area contributed by atoms with Crippen LogP contribution in [0.2, 0.25) is 0 Å². The van der Waals surface area contributed by atoms with Gasteiger partial charge in [0.15, 0.2) is 5.69 Å². The molecule has 8 heteroatoms. The minimum absolute atomic E-state index is 0.194. The lowest BCUT2D eigenvalue weighted by Crippen LogP contribution is -2.13. The molecule has 2 heterocycles. The summed E-state index contributed by atoms with van der Waals surface area (Å²) in [6, 6.07) is 1.94. The number of carbonyl (C=O) groups excluding carboxylic acids is 1. The first-order valence-corrected chi connectivity index (χ1v) is 6.13. The van der Waals surface area contributed by atoms with Gasteiger partial charge in [0.05, 0.1) is 19.4 Å². The Morgan fingerprint density at radius 3 is 2.80 bits per heavy atom. The monoisotopic (exact) mass is 279 g/mol. The topological polar surface area (TPSA) is 84.1 Å². The van der Waals surface area contributed by atoms with Gasteiger partial charge in [-0.2, -0.15) is 5.10 Å². The van der Waals surface area contributed by atoms with E-state index in [2.05, 4.69) is 20.1 Å². The van der Waals surface area contributed by atoms with Gasteiger partial charge in [0.25, 0.3) is 0 Å². The van der Waals surface area contributed by atoms with Crippen molar-refractivity contribution in [2.24, 2.45) is 7.05 Å². The second-order valence-electron chi connectivity index (χ2n) is 4.23. The fourth-order valence-corrected chi connectivity index (χ4v) is 1.91. The third kappa shape index (κ3) is 2.85. The first kappa shape index (κ1) is 14.2. The van der Waals surface area contributed by atoms with E-state index in [0.29, 0.717) is 12.2 Å². The van der Waals surface area contributed by atoms with Crippen LogP contribution in [0.5, 0.6) is 0 Å². The lowest BCUT2D eigenvalue weighted by molar-refractivity contribution is 0.0588. The molecule has 108 valence electrons. The molecular weight excluding hydrogens is 262 g/mol. The van der Waals surface area contributed by atoms with Crippen molar-refractivity contribution >= 4 is 5.97 Å². The van der Waals surface area contributed by atoms with Crippen LogP contribution in [0.3, 0.4) is 0 Å². The summed E-state index contributed by atoms with van der Waals surface area (Å²) in [6.45, 7) is 0.838. The zero-order valence-electron chi connectivity index (χ0n) is 11.7. The van der Waals surface area contributed by atoms with Crippen molar-refractivity contribution in [1.82, 2.24) is 24.8 Å². The highest BCUT2D eigenvalue weighted by molar-refractivity contribution is 5.88. The molecule has 0 atom stereocenters. The molecular formula is C12H17N5O3. The molecule has 0 unspecified atom stereocenters. The number of hydrogen-bond acceptors (Lipinski definition) is 6. The Hall–Kier alpha value is -2.22. The van der Waals surface area contributed by atoms with E-state index in [1.54, 1.807) is 22.7 Å². The molecule has 2 rings (SSSR count). The maximum Gasteiger partial charge on any atom is 0.360 e. The van der Waals surface area contributed by atoms with Gasteiger partial charge >= 0.3 is 5.97 Å². The molecule has 0 bridgehead atoms. The number of hydrogen-bond donors (Lipinski definition) is 0. The van der Waals surface area contributed by atoms with E-state index in [4.69, 9.17) is 4.74 Å². The van der Waals surface area contributed by atoms with Crippen LogP contribution in [0, 0.1) is 0 Å². The smallest absolute Gasteiger partial charge is 0.360 e. The number of ether oxygens (including phenoxy) is 2. The second kappa shape index (κ2) is 6.29. The number of aryl methyl sites for hydroxylation is 3.